The Balaban J connectivity index is 2.68. The molecule has 0 saturated carbocycles. The zero-order valence-corrected chi connectivity index (χ0v) is 9.03. The quantitative estimate of drug-likeness (QED) is 0.591. The summed E-state index contributed by atoms with van der Waals surface area (Å²) in [7, 11) is 0. The van der Waals surface area contributed by atoms with Crippen LogP contribution in [0.3, 0.4) is 0 Å². The summed E-state index contributed by atoms with van der Waals surface area (Å²) < 4.78 is 1.29. The summed E-state index contributed by atoms with van der Waals surface area (Å²) in [6.07, 6.45) is 0. The number of hydrogen-bond acceptors (Lipinski definition) is 3. The van der Waals surface area contributed by atoms with Crippen molar-refractivity contribution in [3.05, 3.63) is 46.7 Å². The van der Waals surface area contributed by atoms with E-state index in [4.69, 9.17) is 12.2 Å². The zero-order valence-electron chi connectivity index (χ0n) is 8.21. The molecule has 2 aromatic rings. The molecule has 1 heterocycles. The molecule has 3 nitrogen and oxygen atoms in total. The van der Waals surface area contributed by atoms with Gasteiger partial charge in [-0.2, -0.15) is 4.73 Å². The fourth-order valence-electron chi connectivity index (χ4n) is 1.36. The largest absolute Gasteiger partial charge is 0.426 e. The van der Waals surface area contributed by atoms with Crippen LogP contribution in [0.4, 0.5) is 0 Å². The van der Waals surface area contributed by atoms with E-state index >= 15 is 0 Å². The Hall–Kier alpha value is -1.68. The van der Waals surface area contributed by atoms with Gasteiger partial charge in [0.1, 0.15) is 4.64 Å². The highest BCUT2D eigenvalue weighted by Crippen LogP contribution is 2.16. The second-order valence-corrected chi connectivity index (χ2v) is 3.66. The lowest BCUT2D eigenvalue weighted by Gasteiger charge is -2.07. The molecule has 15 heavy (non-hydrogen) atoms. The minimum absolute atomic E-state index is 0.362. The van der Waals surface area contributed by atoms with Crippen LogP contribution in [-0.4, -0.2) is 14.9 Å². The average Bonchev–Trinajstić information content (AvgIpc) is 2.24. The predicted molar refractivity (Wildman–Crippen MR) is 60.4 cm³/mol. The first-order valence-electron chi connectivity index (χ1n) is 4.54. The molecular weight excluding hydrogens is 208 g/mol. The van der Waals surface area contributed by atoms with Crippen molar-refractivity contribution in [2.24, 2.45) is 0 Å². The molecule has 2 rings (SSSR count). The fraction of sp³-hybridized carbons (Fsp3) is 0.0909. The molecule has 76 valence electrons. The van der Waals surface area contributed by atoms with Crippen molar-refractivity contribution in [3.8, 4) is 11.4 Å². The van der Waals surface area contributed by atoms with Crippen LogP contribution >= 0.6 is 12.2 Å². The minimum Gasteiger partial charge on any atom is -0.426 e. The van der Waals surface area contributed by atoms with E-state index in [-0.39, 0.29) is 0 Å². The van der Waals surface area contributed by atoms with E-state index < -0.39 is 0 Å². The van der Waals surface area contributed by atoms with Crippen molar-refractivity contribution in [1.82, 2.24) is 9.71 Å². The Morgan fingerprint density at radius 2 is 1.93 bits per heavy atom. The molecule has 0 amide bonds. The summed E-state index contributed by atoms with van der Waals surface area (Å²) in [6.45, 7) is 1.85. The third-order valence-electron chi connectivity index (χ3n) is 2.06. The fourth-order valence-corrected chi connectivity index (χ4v) is 1.62. The summed E-state index contributed by atoms with van der Waals surface area (Å²) in [5.41, 5.74) is 1.64. The molecule has 0 unspecified atom stereocenters. The topological polar surface area (TPSA) is 38.0 Å². The summed E-state index contributed by atoms with van der Waals surface area (Å²) in [5, 5.41) is 9.73. The van der Waals surface area contributed by atoms with Gasteiger partial charge in [0.05, 0.1) is 0 Å². The highest BCUT2D eigenvalue weighted by molar-refractivity contribution is 7.71. The zero-order chi connectivity index (χ0) is 10.8. The number of aryl methyl sites for hydroxylation is 1. The van der Waals surface area contributed by atoms with Crippen LogP contribution in [0.15, 0.2) is 36.4 Å². The van der Waals surface area contributed by atoms with Crippen LogP contribution in [-0.2, 0) is 0 Å². The van der Waals surface area contributed by atoms with E-state index in [0.717, 1.165) is 16.0 Å². The third-order valence-corrected chi connectivity index (χ3v) is 2.35. The molecule has 0 atom stereocenters. The average molecular weight is 218 g/mol. The first-order valence-corrected chi connectivity index (χ1v) is 4.94. The van der Waals surface area contributed by atoms with E-state index in [2.05, 4.69) is 4.98 Å². The molecule has 1 aromatic carbocycles. The first kappa shape index (κ1) is 9.86. The monoisotopic (exact) mass is 218 g/mol. The van der Waals surface area contributed by atoms with Gasteiger partial charge in [-0.25, -0.2) is 4.98 Å². The van der Waals surface area contributed by atoms with Gasteiger partial charge in [0.2, 0.25) is 0 Å². The molecule has 0 aliphatic carbocycles. The van der Waals surface area contributed by atoms with Crippen LogP contribution in [0, 0.1) is 11.6 Å². The van der Waals surface area contributed by atoms with Gasteiger partial charge in [-0.15, -0.1) is 0 Å². The Morgan fingerprint density at radius 3 is 2.60 bits per heavy atom. The van der Waals surface area contributed by atoms with E-state index in [9.17, 15) is 5.21 Å². The van der Waals surface area contributed by atoms with Gasteiger partial charge in [-0.3, -0.25) is 0 Å². The van der Waals surface area contributed by atoms with Gasteiger partial charge in [0.15, 0.2) is 5.82 Å². The molecule has 0 fully saturated rings. The molecule has 0 radical (unpaired) electrons. The van der Waals surface area contributed by atoms with Crippen LogP contribution < -0.4 is 0 Å². The molecule has 0 aliphatic heterocycles. The van der Waals surface area contributed by atoms with E-state index in [1.54, 1.807) is 6.07 Å². The van der Waals surface area contributed by atoms with Crippen LogP contribution in [0.2, 0.25) is 0 Å². The summed E-state index contributed by atoms with van der Waals surface area (Å²) in [6, 6.07) is 11.1. The number of hydrogen-bond donors (Lipinski definition) is 1. The van der Waals surface area contributed by atoms with Gasteiger partial charge >= 0.3 is 0 Å². The Bertz CT molecular complexity index is 534. The number of rotatable bonds is 1. The SMILES string of the molecule is Cc1cc(=S)n(O)c(-c2ccccc2)n1. The van der Waals surface area contributed by atoms with Gasteiger partial charge in [-0.1, -0.05) is 42.5 Å². The molecule has 0 bridgehead atoms. The first-order chi connectivity index (χ1) is 7.18. The maximum atomic E-state index is 9.73. The standard InChI is InChI=1S/C11H10N2OS/c1-8-7-10(15)13(14)11(12-8)9-5-3-2-4-6-9/h2-7,14H,1H3. The van der Waals surface area contributed by atoms with Gasteiger partial charge in [-0.05, 0) is 13.0 Å². The van der Waals surface area contributed by atoms with Gasteiger partial charge < -0.3 is 5.21 Å². The number of benzene rings is 1. The van der Waals surface area contributed by atoms with Gasteiger partial charge in [0.25, 0.3) is 0 Å². The van der Waals surface area contributed by atoms with Crippen molar-refractivity contribution in [2.75, 3.05) is 0 Å². The summed E-state index contributed by atoms with van der Waals surface area (Å²) in [4.78, 5) is 4.25. The third kappa shape index (κ3) is 1.89. The highest BCUT2D eigenvalue weighted by Gasteiger charge is 2.05. The summed E-state index contributed by atoms with van der Waals surface area (Å²) in [5.74, 6) is 0.473. The van der Waals surface area contributed by atoms with Crippen molar-refractivity contribution in [2.45, 2.75) is 6.92 Å². The second kappa shape index (κ2) is 3.82. The molecular formula is C11H10N2OS. The van der Waals surface area contributed by atoms with Crippen LogP contribution in [0.1, 0.15) is 5.69 Å². The van der Waals surface area contributed by atoms with Crippen molar-refractivity contribution in [3.63, 3.8) is 0 Å². The normalized spacial score (nSPS) is 10.2. The minimum atomic E-state index is 0.362. The molecule has 0 spiro atoms. The lowest BCUT2D eigenvalue weighted by atomic mass is 10.2. The second-order valence-electron chi connectivity index (χ2n) is 3.24. The molecule has 0 saturated heterocycles. The predicted octanol–water partition coefficient (Wildman–Crippen LogP) is 2.83. The number of aromatic nitrogens is 2. The Morgan fingerprint density at radius 1 is 1.27 bits per heavy atom. The van der Waals surface area contributed by atoms with E-state index in [1.165, 1.54) is 0 Å². The van der Waals surface area contributed by atoms with E-state index in [0.29, 0.717) is 10.5 Å². The molecule has 1 aromatic heterocycles. The van der Waals surface area contributed by atoms with Crippen LogP contribution in [0.5, 0.6) is 0 Å². The smallest absolute Gasteiger partial charge is 0.177 e. The lowest BCUT2D eigenvalue weighted by molar-refractivity contribution is 0.182. The summed E-state index contributed by atoms with van der Waals surface area (Å²) >= 11 is 5.00. The maximum Gasteiger partial charge on any atom is 0.177 e. The van der Waals surface area contributed by atoms with Crippen molar-refractivity contribution in [1.29, 1.82) is 0 Å². The lowest BCUT2D eigenvalue weighted by Crippen LogP contribution is -2.03. The van der Waals surface area contributed by atoms with Crippen LogP contribution in [0.25, 0.3) is 11.4 Å². The van der Waals surface area contributed by atoms with Crippen molar-refractivity contribution < 1.29 is 5.21 Å². The van der Waals surface area contributed by atoms with E-state index in [1.807, 2.05) is 37.3 Å². The molecule has 1 N–H and O–H groups in total. The Kier molecular flexibility index (Phi) is 2.51. The Labute approximate surface area is 92.6 Å². The highest BCUT2D eigenvalue weighted by atomic mass is 32.1. The van der Waals surface area contributed by atoms with Gasteiger partial charge in [0, 0.05) is 11.3 Å². The molecule has 0 aliphatic rings. The number of nitrogens with zero attached hydrogens (tertiary/aromatic N) is 2. The van der Waals surface area contributed by atoms with Crippen molar-refractivity contribution >= 4 is 12.2 Å². The maximum absolute atomic E-state index is 9.73. The molecule has 4 heteroatoms.